The summed E-state index contributed by atoms with van der Waals surface area (Å²) in [4.78, 5) is 54.6. The summed E-state index contributed by atoms with van der Waals surface area (Å²) in [7, 11) is 0. The smallest absolute Gasteiger partial charge is 0.293 e. The van der Waals surface area contributed by atoms with Crippen LogP contribution in [0.25, 0.3) is 55.6 Å². The minimum Gasteiger partial charge on any atom is -0.462 e. The molecule has 8 rings (SSSR count). The number of nitrogens with one attached hydrogen (secondary N) is 2. The van der Waals surface area contributed by atoms with Crippen molar-refractivity contribution in [3.8, 4) is 11.6 Å². The molecule has 0 spiro atoms. The predicted octanol–water partition coefficient (Wildman–Crippen LogP) is 11.4. The van der Waals surface area contributed by atoms with Crippen LogP contribution >= 0.6 is 15.9 Å². The van der Waals surface area contributed by atoms with E-state index in [-0.39, 0.29) is 43.0 Å². The molecule has 0 atom stereocenters. The van der Waals surface area contributed by atoms with Gasteiger partial charge in [0.1, 0.15) is 27.9 Å². The number of nitrogens with zero attached hydrogens (tertiary/aromatic N) is 4. The second-order valence-electron chi connectivity index (χ2n) is 15.3. The molecule has 0 radical (unpaired) electrons. The Morgan fingerprint density at radius 2 is 1.10 bits per heavy atom. The van der Waals surface area contributed by atoms with Crippen LogP contribution in [0, 0.1) is 41.0 Å². The number of aromatic nitrogens is 4. The molecule has 16 nitrogen and oxygen atoms in total. The van der Waals surface area contributed by atoms with Gasteiger partial charge in [-0.2, -0.15) is 0 Å². The van der Waals surface area contributed by atoms with Crippen molar-refractivity contribution in [1.29, 1.82) is 0 Å². The summed E-state index contributed by atoms with van der Waals surface area (Å²) in [5.41, 5.74) is 8.06. The number of benzene rings is 4. The summed E-state index contributed by atoms with van der Waals surface area (Å²) in [5.74, 6) is 0.421. The predicted molar refractivity (Wildman–Crippen MR) is 233 cm³/mol. The van der Waals surface area contributed by atoms with E-state index in [1.807, 2.05) is 66.7 Å². The Labute approximate surface area is 372 Å². The van der Waals surface area contributed by atoms with Crippen LogP contribution in [0.3, 0.4) is 0 Å². The van der Waals surface area contributed by atoms with Gasteiger partial charge in [0.15, 0.2) is 11.2 Å². The minimum atomic E-state index is -0.470. The third-order valence-electron chi connectivity index (χ3n) is 7.86. The topological polar surface area (TPSA) is 223 Å². The van der Waals surface area contributed by atoms with Gasteiger partial charge in [-0.1, -0.05) is 23.3 Å². The van der Waals surface area contributed by atoms with E-state index in [9.17, 15) is 29.8 Å². The molecule has 61 heavy (non-hydrogen) atoms. The molecule has 2 N–H and O–H groups in total. The van der Waals surface area contributed by atoms with Crippen LogP contribution in [0.15, 0.2) is 98.6 Å². The molecule has 4 aromatic carbocycles. The third-order valence-corrected chi connectivity index (χ3v) is 8.20. The molecular formula is C43H45BrN6O10Pd. The largest absolute Gasteiger partial charge is 0.462 e. The number of hydrogen-bond acceptors (Lipinski definition) is 12. The standard InChI is InChI=1S/C16H11N3O3.C10H11N.C7H3BrN2O3.2C5H10O2.Pd/c1-9-2-4-12-10(6-9)7-14(17-12)16-18-13-8-11(19(20)21)3-5-15(13)22-16;1-7-3-4-10-9(5-7)6-8(2)11-10;8-7-9-5-3-4(10(11)12)1-2-6(5)13-7;2*1-5(2,3)7-4-6;/h2-8,17H,1H3;3-6,11H,1-2H3;1-3H;2*4H,1-3H3;. The zero-order valence-electron chi connectivity index (χ0n) is 34.8. The number of hydrogen-bond donors (Lipinski definition) is 2. The maximum absolute atomic E-state index is 10.8. The zero-order chi connectivity index (χ0) is 44.4. The summed E-state index contributed by atoms with van der Waals surface area (Å²) in [6.45, 7) is 18.1. The molecule has 324 valence electrons. The summed E-state index contributed by atoms with van der Waals surface area (Å²) in [5, 5.41) is 23.6. The number of oxazole rings is 2. The molecule has 0 aliphatic rings. The van der Waals surface area contributed by atoms with Gasteiger partial charge >= 0.3 is 0 Å². The minimum absolute atomic E-state index is 0. The van der Waals surface area contributed by atoms with E-state index in [1.54, 1.807) is 6.07 Å². The Morgan fingerprint density at radius 3 is 1.56 bits per heavy atom. The number of aryl methyl sites for hydroxylation is 3. The van der Waals surface area contributed by atoms with Crippen molar-refractivity contribution in [2.45, 2.75) is 73.5 Å². The van der Waals surface area contributed by atoms with Crippen molar-refractivity contribution in [3.63, 3.8) is 0 Å². The number of H-pyrrole nitrogens is 2. The monoisotopic (exact) mass is 990 g/mol. The molecule has 8 aromatic rings. The number of nitro groups is 2. The molecule has 0 unspecified atom stereocenters. The van der Waals surface area contributed by atoms with Crippen LogP contribution in [0.4, 0.5) is 11.4 Å². The van der Waals surface area contributed by atoms with Crippen LogP contribution in [0.2, 0.25) is 0 Å². The Morgan fingerprint density at radius 1 is 0.639 bits per heavy atom. The van der Waals surface area contributed by atoms with Gasteiger partial charge in [-0.15, -0.1) is 0 Å². The van der Waals surface area contributed by atoms with E-state index in [4.69, 9.17) is 8.83 Å². The maximum Gasteiger partial charge on any atom is 0.293 e. The van der Waals surface area contributed by atoms with Gasteiger partial charge in [-0.25, -0.2) is 9.97 Å². The summed E-state index contributed by atoms with van der Waals surface area (Å²) in [6, 6.07) is 25.3. The molecule has 18 heteroatoms. The Balaban J connectivity index is 0.000000220. The Kier molecular flexibility index (Phi) is 17.2. The van der Waals surface area contributed by atoms with Crippen molar-refractivity contribution < 1.29 is 58.2 Å². The number of carbonyl (C=O) groups is 2. The van der Waals surface area contributed by atoms with Crippen molar-refractivity contribution in [2.75, 3.05) is 0 Å². The number of aromatic amines is 2. The van der Waals surface area contributed by atoms with Gasteiger partial charge in [0.2, 0.25) is 5.89 Å². The van der Waals surface area contributed by atoms with Crippen LogP contribution in [-0.4, -0.2) is 53.9 Å². The van der Waals surface area contributed by atoms with E-state index in [1.165, 1.54) is 58.1 Å². The summed E-state index contributed by atoms with van der Waals surface area (Å²) >= 11 is 3.04. The average molecular weight is 992 g/mol. The van der Waals surface area contributed by atoms with Crippen molar-refractivity contribution >= 4 is 84.3 Å². The quantitative estimate of drug-likeness (QED) is 0.0711. The molecule has 0 amide bonds. The molecule has 0 fully saturated rings. The fourth-order valence-electron chi connectivity index (χ4n) is 5.20. The first-order valence-corrected chi connectivity index (χ1v) is 19.1. The second kappa shape index (κ2) is 21.3. The number of fused-ring (bicyclic) bond motifs is 4. The van der Waals surface area contributed by atoms with E-state index in [0.29, 0.717) is 45.8 Å². The number of nitro benzene ring substituents is 2. The van der Waals surface area contributed by atoms with Crippen LogP contribution in [-0.2, 0) is 39.5 Å². The maximum atomic E-state index is 10.8. The number of halogens is 1. The van der Waals surface area contributed by atoms with Gasteiger partial charge in [-0.3, -0.25) is 29.8 Å². The van der Waals surface area contributed by atoms with Crippen molar-refractivity contribution in [2.24, 2.45) is 0 Å². The molecular weight excluding hydrogens is 947 g/mol. The van der Waals surface area contributed by atoms with Crippen LogP contribution < -0.4 is 0 Å². The molecule has 0 aliphatic carbocycles. The molecule has 4 heterocycles. The number of carbonyl (C=O) groups excluding carboxylic acids is 2. The van der Waals surface area contributed by atoms with E-state index < -0.39 is 9.85 Å². The second-order valence-corrected chi connectivity index (χ2v) is 16.0. The fraction of sp³-hybridized carbons (Fsp3) is 0.256. The Hall–Kier alpha value is -6.22. The van der Waals surface area contributed by atoms with E-state index in [2.05, 4.69) is 89.5 Å². The van der Waals surface area contributed by atoms with E-state index >= 15 is 0 Å². The van der Waals surface area contributed by atoms with Gasteiger partial charge < -0.3 is 28.3 Å². The molecule has 0 saturated heterocycles. The molecule has 4 aromatic heterocycles. The normalized spacial score (nSPS) is 10.7. The molecule has 0 bridgehead atoms. The number of non-ortho nitro benzene ring substituents is 2. The molecule has 0 aliphatic heterocycles. The zero-order valence-corrected chi connectivity index (χ0v) is 37.9. The van der Waals surface area contributed by atoms with E-state index in [0.717, 1.165) is 16.6 Å². The first-order valence-electron chi connectivity index (χ1n) is 18.3. The SMILES string of the molecule is CC(C)(C)OC=O.CC(C)(C)OC=O.Cc1ccc2[nH]c(-c3nc4cc([N+](=O)[O-])ccc4o3)cc2c1.Cc1ccc2[nH]c(C)cc2c1.O=[N+]([O-])c1ccc2oc(Br)nc2c1.[Pd]. The Bertz CT molecular complexity index is 2740. The van der Waals surface area contributed by atoms with Crippen molar-refractivity contribution in [3.05, 3.63) is 127 Å². The fourth-order valence-corrected chi connectivity index (χ4v) is 5.56. The first kappa shape index (κ1) is 49.1. The summed E-state index contributed by atoms with van der Waals surface area (Å²) in [6.07, 6.45) is 0. The van der Waals surface area contributed by atoms with Crippen LogP contribution in [0.5, 0.6) is 0 Å². The summed E-state index contributed by atoms with van der Waals surface area (Å²) < 4.78 is 19.9. The average Bonchev–Trinajstić information content (AvgIpc) is 3.94. The first-order chi connectivity index (χ1) is 28.1. The van der Waals surface area contributed by atoms with Crippen LogP contribution in [0.1, 0.15) is 58.4 Å². The van der Waals surface area contributed by atoms with Crippen molar-refractivity contribution in [1.82, 2.24) is 19.9 Å². The van der Waals surface area contributed by atoms with Gasteiger partial charge in [0.05, 0.1) is 9.85 Å². The molecule has 0 saturated carbocycles. The number of rotatable bonds is 5. The van der Waals surface area contributed by atoms with Gasteiger partial charge in [0.25, 0.3) is 29.1 Å². The van der Waals surface area contributed by atoms with Gasteiger partial charge in [0, 0.05) is 82.7 Å². The number of ether oxygens (including phenoxy) is 2. The third kappa shape index (κ3) is 15.1. The van der Waals surface area contributed by atoms with Gasteiger partial charge in [-0.05, 0) is 116 Å².